The molecule has 3 heteroatoms. The van der Waals surface area contributed by atoms with Crippen LogP contribution in [0.1, 0.15) is 48.6 Å². The fourth-order valence-electron chi connectivity index (χ4n) is 11.9. The Hall–Kier alpha value is -8.40. The number of anilines is 3. The Morgan fingerprint density at radius 2 is 1.03 bits per heavy atom. The molecule has 1 spiro atoms. The summed E-state index contributed by atoms with van der Waals surface area (Å²) in [5.41, 5.74) is 21.2. The normalized spacial score (nSPS) is 14.7. The van der Waals surface area contributed by atoms with Gasteiger partial charge >= 0.3 is 0 Å². The lowest BCUT2D eigenvalue weighted by Crippen LogP contribution is -2.33. The number of benzene rings is 9. The number of ether oxygens (including phenoxy) is 1. The average molecular weight is 874 g/mol. The Balaban J connectivity index is 1.08. The van der Waals surface area contributed by atoms with Crippen molar-refractivity contribution in [2.75, 3.05) is 4.90 Å². The largest absolute Gasteiger partial charge is 0.457 e. The maximum absolute atomic E-state index is 6.95. The standard InChI is InChI=1S/C65H47NO2/c1-5-6-29-59-41(2)65(55-27-15-11-22-48(55)49-23-12-16-28-56(49)65)58-40-45(34-37-61(58)67-59)66(44-33-36-50-47-21-10-14-26-54(47)64(3,4)57(50)39-44)43-32-35-46(53(38-43)42-19-8-7-9-20-42)51-25-18-31-62-63(51)52-24-13-17-30-60(52)68-62/h5-40H,1H2,2-4H3/b29-6-. The van der Waals surface area contributed by atoms with Crippen LogP contribution in [0, 0.1) is 0 Å². The molecule has 0 amide bonds. The van der Waals surface area contributed by atoms with Gasteiger partial charge in [-0.15, -0.1) is 0 Å². The van der Waals surface area contributed by atoms with E-state index in [0.29, 0.717) is 0 Å². The van der Waals surface area contributed by atoms with Crippen LogP contribution in [0.2, 0.25) is 0 Å². The predicted molar refractivity (Wildman–Crippen MR) is 281 cm³/mol. The van der Waals surface area contributed by atoms with Gasteiger partial charge in [-0.1, -0.05) is 178 Å². The molecule has 2 heterocycles. The Kier molecular flexibility index (Phi) is 8.84. The van der Waals surface area contributed by atoms with Crippen molar-refractivity contribution in [2.24, 2.45) is 0 Å². The molecule has 324 valence electrons. The van der Waals surface area contributed by atoms with Crippen molar-refractivity contribution in [2.45, 2.75) is 31.6 Å². The first-order valence-corrected chi connectivity index (χ1v) is 23.5. The van der Waals surface area contributed by atoms with Gasteiger partial charge < -0.3 is 14.1 Å². The van der Waals surface area contributed by atoms with E-state index in [1.165, 1.54) is 44.5 Å². The van der Waals surface area contributed by atoms with Gasteiger partial charge in [0.2, 0.25) is 0 Å². The van der Waals surface area contributed by atoms with Gasteiger partial charge in [-0.2, -0.15) is 0 Å². The first-order chi connectivity index (χ1) is 33.4. The molecule has 3 nitrogen and oxygen atoms in total. The number of fused-ring (bicyclic) bond motifs is 13. The van der Waals surface area contributed by atoms with Crippen molar-refractivity contribution in [3.05, 3.63) is 264 Å². The van der Waals surface area contributed by atoms with Crippen molar-refractivity contribution in [3.63, 3.8) is 0 Å². The molecule has 0 N–H and O–H groups in total. The van der Waals surface area contributed by atoms with E-state index in [0.717, 1.165) is 83.9 Å². The van der Waals surface area contributed by atoms with Crippen LogP contribution in [-0.2, 0) is 10.8 Å². The minimum atomic E-state index is -0.615. The van der Waals surface area contributed by atoms with E-state index in [9.17, 15) is 0 Å². The predicted octanol–water partition coefficient (Wildman–Crippen LogP) is 17.4. The SMILES string of the molecule is C=C/C=C\C1=C(C)C2(c3cc(N(c4ccc(-c5cccc6oc7ccccc7c56)c(-c5ccccc5)c4)c4ccc5c(c4)C(C)(C)c4ccccc4-5)ccc3O1)c1ccccc1-c1ccccc12. The lowest BCUT2D eigenvalue weighted by Gasteiger charge is -2.40. The van der Waals surface area contributed by atoms with Crippen LogP contribution in [0.3, 0.4) is 0 Å². The lowest BCUT2D eigenvalue weighted by molar-refractivity contribution is 0.399. The maximum atomic E-state index is 6.95. The van der Waals surface area contributed by atoms with Gasteiger partial charge in [0.05, 0.1) is 5.41 Å². The topological polar surface area (TPSA) is 25.6 Å². The minimum Gasteiger partial charge on any atom is -0.457 e. The molecule has 1 aliphatic heterocycles. The fraction of sp³-hybridized carbons (Fsp3) is 0.0769. The summed E-state index contributed by atoms with van der Waals surface area (Å²) in [7, 11) is 0. The van der Waals surface area contributed by atoms with Crippen LogP contribution in [0.4, 0.5) is 17.1 Å². The van der Waals surface area contributed by atoms with E-state index >= 15 is 0 Å². The summed E-state index contributed by atoms with van der Waals surface area (Å²) in [5, 5.41) is 2.23. The molecular weight excluding hydrogens is 827 g/mol. The Morgan fingerprint density at radius 3 is 1.76 bits per heavy atom. The molecule has 0 radical (unpaired) electrons. The van der Waals surface area contributed by atoms with Crippen LogP contribution in [0.15, 0.2) is 241 Å². The molecule has 0 fully saturated rings. The van der Waals surface area contributed by atoms with Gasteiger partial charge in [0.25, 0.3) is 0 Å². The van der Waals surface area contributed by atoms with Gasteiger partial charge in [0.15, 0.2) is 0 Å². The summed E-state index contributed by atoms with van der Waals surface area (Å²) in [4.78, 5) is 2.45. The van der Waals surface area contributed by atoms with E-state index in [2.05, 4.69) is 232 Å². The molecule has 2 aliphatic carbocycles. The highest BCUT2D eigenvalue weighted by Gasteiger charge is 2.51. The summed E-state index contributed by atoms with van der Waals surface area (Å²) in [6, 6.07) is 73.1. The maximum Gasteiger partial charge on any atom is 0.136 e. The summed E-state index contributed by atoms with van der Waals surface area (Å²) in [6.45, 7) is 11.0. The van der Waals surface area contributed by atoms with E-state index < -0.39 is 5.41 Å². The zero-order valence-electron chi connectivity index (χ0n) is 38.3. The zero-order chi connectivity index (χ0) is 45.7. The molecule has 1 aromatic heterocycles. The molecule has 0 bridgehead atoms. The Labute approximate surface area is 397 Å². The van der Waals surface area contributed by atoms with E-state index in [1.807, 2.05) is 18.2 Å². The molecule has 0 unspecified atom stereocenters. The number of hydrogen-bond acceptors (Lipinski definition) is 3. The van der Waals surface area contributed by atoms with Crippen LogP contribution in [0.5, 0.6) is 5.75 Å². The second kappa shape index (κ2) is 15.1. The van der Waals surface area contributed by atoms with E-state index in [-0.39, 0.29) is 5.41 Å². The van der Waals surface area contributed by atoms with Gasteiger partial charge in [-0.05, 0) is 140 Å². The number of rotatable bonds is 7. The second-order valence-corrected chi connectivity index (χ2v) is 18.8. The van der Waals surface area contributed by atoms with Crippen LogP contribution >= 0.6 is 0 Å². The molecule has 3 aliphatic rings. The number of nitrogens with zero attached hydrogens (tertiary/aromatic N) is 1. The van der Waals surface area contributed by atoms with Crippen molar-refractivity contribution < 1.29 is 9.15 Å². The molecule has 0 saturated heterocycles. The third-order valence-electron chi connectivity index (χ3n) is 15.0. The monoisotopic (exact) mass is 873 g/mol. The Morgan fingerprint density at radius 1 is 0.471 bits per heavy atom. The summed E-state index contributed by atoms with van der Waals surface area (Å²) < 4.78 is 13.4. The molecule has 0 saturated carbocycles. The van der Waals surface area contributed by atoms with Crippen molar-refractivity contribution in [3.8, 4) is 50.3 Å². The number of allylic oxidation sites excluding steroid dienone is 4. The average Bonchev–Trinajstić information content (AvgIpc) is 3.99. The smallest absolute Gasteiger partial charge is 0.136 e. The first-order valence-electron chi connectivity index (χ1n) is 23.5. The molecule has 13 rings (SSSR count). The van der Waals surface area contributed by atoms with Gasteiger partial charge in [-0.25, -0.2) is 0 Å². The first kappa shape index (κ1) is 39.9. The summed E-state index contributed by atoms with van der Waals surface area (Å²) in [6.07, 6.45) is 5.84. The Bertz CT molecular complexity index is 3740. The fourth-order valence-corrected chi connectivity index (χ4v) is 11.9. The highest BCUT2D eigenvalue weighted by molar-refractivity contribution is 6.14. The van der Waals surface area contributed by atoms with Crippen LogP contribution < -0.4 is 9.64 Å². The summed E-state index contributed by atoms with van der Waals surface area (Å²) in [5.74, 6) is 1.67. The van der Waals surface area contributed by atoms with Crippen molar-refractivity contribution in [1.82, 2.24) is 0 Å². The van der Waals surface area contributed by atoms with Gasteiger partial charge in [-0.3, -0.25) is 0 Å². The number of para-hydroxylation sites is 1. The number of hydrogen-bond donors (Lipinski definition) is 0. The third kappa shape index (κ3) is 5.66. The van der Waals surface area contributed by atoms with Crippen molar-refractivity contribution >= 4 is 39.0 Å². The molecule has 9 aromatic carbocycles. The highest BCUT2D eigenvalue weighted by atomic mass is 16.5. The lowest BCUT2D eigenvalue weighted by atomic mass is 9.66. The second-order valence-electron chi connectivity index (χ2n) is 18.8. The highest BCUT2D eigenvalue weighted by Crippen LogP contribution is 2.61. The van der Waals surface area contributed by atoms with Crippen LogP contribution in [0.25, 0.3) is 66.4 Å². The number of furan rings is 1. The quantitative estimate of drug-likeness (QED) is 0.149. The zero-order valence-corrected chi connectivity index (χ0v) is 38.3. The molecule has 0 atom stereocenters. The third-order valence-corrected chi connectivity index (χ3v) is 15.0. The van der Waals surface area contributed by atoms with Crippen LogP contribution in [-0.4, -0.2) is 0 Å². The van der Waals surface area contributed by atoms with Gasteiger partial charge in [0.1, 0.15) is 22.7 Å². The molecule has 68 heavy (non-hydrogen) atoms. The van der Waals surface area contributed by atoms with Crippen molar-refractivity contribution in [1.29, 1.82) is 0 Å². The molecule has 10 aromatic rings. The van der Waals surface area contributed by atoms with E-state index in [4.69, 9.17) is 9.15 Å². The van der Waals surface area contributed by atoms with Gasteiger partial charge in [0, 0.05) is 38.8 Å². The molecular formula is C65H47NO2. The minimum absolute atomic E-state index is 0.193. The van der Waals surface area contributed by atoms with E-state index in [1.54, 1.807) is 0 Å². The summed E-state index contributed by atoms with van der Waals surface area (Å²) >= 11 is 0.